The maximum absolute atomic E-state index is 11.5. The van der Waals surface area contributed by atoms with E-state index in [2.05, 4.69) is 27.8 Å². The zero-order valence-electron chi connectivity index (χ0n) is 9.16. The van der Waals surface area contributed by atoms with Gasteiger partial charge in [0.25, 0.3) is 0 Å². The normalized spacial score (nSPS) is 14.1. The first kappa shape index (κ1) is 12.9. The first-order chi connectivity index (χ1) is 7.47. The van der Waals surface area contributed by atoms with Crippen LogP contribution in [-0.4, -0.2) is 12.5 Å². The summed E-state index contributed by atoms with van der Waals surface area (Å²) in [5.41, 5.74) is 5.41. The Bertz CT molecular complexity index is 391. The average molecular weight is 283 g/mol. The molecule has 0 fully saturated rings. The van der Waals surface area contributed by atoms with Crippen molar-refractivity contribution in [3.63, 3.8) is 0 Å². The van der Waals surface area contributed by atoms with E-state index >= 15 is 0 Å². The predicted octanol–water partition coefficient (Wildman–Crippen LogP) is 1.89. The summed E-state index contributed by atoms with van der Waals surface area (Å²) in [5, 5.41) is 3.09. The number of rotatable bonds is 5. The lowest BCUT2D eigenvalue weighted by molar-refractivity contribution is -0.124. The highest BCUT2D eigenvalue weighted by atomic mass is 79.9. The van der Waals surface area contributed by atoms with Gasteiger partial charge in [0.15, 0.2) is 0 Å². The first-order valence-corrected chi connectivity index (χ1v) is 5.70. The lowest BCUT2D eigenvalue weighted by Crippen LogP contribution is -2.50. The average Bonchev–Trinajstić information content (AvgIpc) is 2.26. The minimum absolute atomic E-state index is 0.410. The van der Waals surface area contributed by atoms with E-state index in [0.717, 1.165) is 10.0 Å². The number of hydrogen-bond donors (Lipinski definition) is 2. The van der Waals surface area contributed by atoms with E-state index < -0.39 is 11.4 Å². The van der Waals surface area contributed by atoms with Crippen LogP contribution < -0.4 is 11.1 Å². The van der Waals surface area contributed by atoms with E-state index in [-0.39, 0.29) is 0 Å². The van der Waals surface area contributed by atoms with Crippen LogP contribution in [0.2, 0.25) is 0 Å². The van der Waals surface area contributed by atoms with Crippen molar-refractivity contribution in [2.45, 2.75) is 12.5 Å². The number of hydrogen-bond acceptors (Lipinski definition) is 2. The molecule has 0 saturated heterocycles. The number of nitrogens with one attached hydrogen (secondary N) is 1. The molecule has 0 aliphatic carbocycles. The SMILES string of the molecule is C=C(Br)CNC(C)(C(N)=O)c1ccccc1. The number of carbonyl (C=O) groups is 1. The second kappa shape index (κ2) is 5.27. The quantitative estimate of drug-likeness (QED) is 0.867. The maximum atomic E-state index is 11.5. The van der Waals surface area contributed by atoms with E-state index in [1.807, 2.05) is 30.3 Å². The van der Waals surface area contributed by atoms with Crippen LogP contribution >= 0.6 is 15.9 Å². The Kier molecular flexibility index (Phi) is 4.26. The van der Waals surface area contributed by atoms with Gasteiger partial charge < -0.3 is 5.73 Å². The summed E-state index contributed by atoms with van der Waals surface area (Å²) in [7, 11) is 0. The van der Waals surface area contributed by atoms with Crippen molar-refractivity contribution in [3.05, 3.63) is 47.0 Å². The van der Waals surface area contributed by atoms with Crippen molar-refractivity contribution in [2.75, 3.05) is 6.54 Å². The second-order valence-corrected chi connectivity index (χ2v) is 4.85. The van der Waals surface area contributed by atoms with Crippen molar-refractivity contribution in [3.8, 4) is 0 Å². The van der Waals surface area contributed by atoms with Crippen LogP contribution in [0, 0.1) is 0 Å². The maximum Gasteiger partial charge on any atom is 0.242 e. The van der Waals surface area contributed by atoms with Gasteiger partial charge in [-0.25, -0.2) is 0 Å². The Labute approximate surface area is 104 Å². The lowest BCUT2D eigenvalue weighted by Gasteiger charge is -2.28. The van der Waals surface area contributed by atoms with E-state index in [1.165, 1.54) is 0 Å². The highest BCUT2D eigenvalue weighted by molar-refractivity contribution is 9.11. The number of benzene rings is 1. The highest BCUT2D eigenvalue weighted by Crippen LogP contribution is 2.20. The van der Waals surface area contributed by atoms with Crippen molar-refractivity contribution >= 4 is 21.8 Å². The number of nitrogens with two attached hydrogens (primary N) is 1. The third-order valence-corrected chi connectivity index (χ3v) is 2.76. The minimum Gasteiger partial charge on any atom is -0.368 e. The molecular weight excluding hydrogens is 268 g/mol. The molecule has 4 heteroatoms. The molecule has 1 aromatic rings. The Balaban J connectivity index is 2.98. The monoisotopic (exact) mass is 282 g/mol. The van der Waals surface area contributed by atoms with Crippen LogP contribution in [0.5, 0.6) is 0 Å². The molecule has 0 saturated carbocycles. The molecule has 0 spiro atoms. The Hall–Kier alpha value is -1.13. The second-order valence-electron chi connectivity index (χ2n) is 3.73. The van der Waals surface area contributed by atoms with Crippen LogP contribution in [0.3, 0.4) is 0 Å². The molecule has 0 radical (unpaired) electrons. The fourth-order valence-corrected chi connectivity index (χ4v) is 1.52. The Morgan fingerprint density at radius 1 is 1.50 bits per heavy atom. The standard InChI is InChI=1S/C12H15BrN2O/c1-9(13)8-15-12(2,11(14)16)10-6-4-3-5-7-10/h3-7,15H,1,8H2,2H3,(H2,14,16). The van der Waals surface area contributed by atoms with Crippen molar-refractivity contribution in [2.24, 2.45) is 5.73 Å². The van der Waals surface area contributed by atoms with Crippen molar-refractivity contribution < 1.29 is 4.79 Å². The van der Waals surface area contributed by atoms with Gasteiger partial charge in [-0.3, -0.25) is 10.1 Å². The van der Waals surface area contributed by atoms with Crippen LogP contribution in [0.1, 0.15) is 12.5 Å². The number of primary amides is 1. The van der Waals surface area contributed by atoms with Gasteiger partial charge in [0.2, 0.25) is 5.91 Å². The van der Waals surface area contributed by atoms with E-state index in [9.17, 15) is 4.79 Å². The molecule has 3 N–H and O–H groups in total. The van der Waals surface area contributed by atoms with Crippen molar-refractivity contribution in [1.29, 1.82) is 0 Å². The zero-order chi connectivity index (χ0) is 12.2. The highest BCUT2D eigenvalue weighted by Gasteiger charge is 2.32. The van der Waals surface area contributed by atoms with Crippen LogP contribution in [0.4, 0.5) is 0 Å². The molecule has 0 aromatic heterocycles. The third kappa shape index (κ3) is 2.93. The summed E-state index contributed by atoms with van der Waals surface area (Å²) in [4.78, 5) is 11.5. The molecule has 0 aliphatic rings. The van der Waals surface area contributed by atoms with Gasteiger partial charge in [-0.15, -0.1) is 0 Å². The van der Waals surface area contributed by atoms with E-state index in [4.69, 9.17) is 5.73 Å². The summed E-state index contributed by atoms with van der Waals surface area (Å²) >= 11 is 3.24. The molecule has 1 atom stereocenters. The zero-order valence-corrected chi connectivity index (χ0v) is 10.8. The van der Waals surface area contributed by atoms with Crippen LogP contribution in [-0.2, 0) is 10.3 Å². The van der Waals surface area contributed by atoms with Crippen LogP contribution in [0.25, 0.3) is 0 Å². The topological polar surface area (TPSA) is 55.1 Å². The molecule has 0 aliphatic heterocycles. The van der Waals surface area contributed by atoms with Gasteiger partial charge in [0.1, 0.15) is 5.54 Å². The summed E-state index contributed by atoms with van der Waals surface area (Å²) in [6, 6.07) is 9.39. The fraction of sp³-hybridized carbons (Fsp3) is 0.250. The van der Waals surface area contributed by atoms with Gasteiger partial charge >= 0.3 is 0 Å². The van der Waals surface area contributed by atoms with Gasteiger partial charge in [0.05, 0.1) is 0 Å². The Morgan fingerprint density at radius 2 is 2.06 bits per heavy atom. The number of carbonyl (C=O) groups excluding carboxylic acids is 1. The molecule has 1 amide bonds. The van der Waals surface area contributed by atoms with E-state index in [1.54, 1.807) is 6.92 Å². The summed E-state index contributed by atoms with van der Waals surface area (Å²) in [5.74, 6) is -0.410. The summed E-state index contributed by atoms with van der Waals surface area (Å²) in [6.45, 7) is 5.96. The molecule has 3 nitrogen and oxygen atoms in total. The largest absolute Gasteiger partial charge is 0.368 e. The van der Waals surface area contributed by atoms with Crippen LogP contribution in [0.15, 0.2) is 41.4 Å². The van der Waals surface area contributed by atoms with E-state index in [0.29, 0.717) is 6.54 Å². The Morgan fingerprint density at radius 3 is 2.50 bits per heavy atom. The van der Waals surface area contributed by atoms with Gasteiger partial charge in [-0.05, 0) is 12.5 Å². The van der Waals surface area contributed by atoms with Gasteiger partial charge in [0, 0.05) is 11.0 Å². The minimum atomic E-state index is -0.877. The molecule has 1 unspecified atom stereocenters. The summed E-state index contributed by atoms with van der Waals surface area (Å²) in [6.07, 6.45) is 0. The number of halogens is 1. The molecule has 16 heavy (non-hydrogen) atoms. The lowest BCUT2D eigenvalue weighted by atomic mass is 9.91. The summed E-state index contributed by atoms with van der Waals surface area (Å²) < 4.78 is 0.774. The molecule has 1 rings (SSSR count). The van der Waals surface area contributed by atoms with Gasteiger partial charge in [-0.1, -0.05) is 52.8 Å². The third-order valence-electron chi connectivity index (χ3n) is 2.48. The van der Waals surface area contributed by atoms with Gasteiger partial charge in [-0.2, -0.15) is 0 Å². The molecule has 0 heterocycles. The fourth-order valence-electron chi connectivity index (χ4n) is 1.38. The molecule has 1 aromatic carbocycles. The first-order valence-electron chi connectivity index (χ1n) is 4.90. The van der Waals surface area contributed by atoms with Crippen molar-refractivity contribution in [1.82, 2.24) is 5.32 Å². The predicted molar refractivity (Wildman–Crippen MR) is 69.1 cm³/mol. The molecular formula is C12H15BrN2O. The number of amides is 1. The molecule has 86 valence electrons. The molecule has 0 bridgehead atoms. The smallest absolute Gasteiger partial charge is 0.242 e.